The van der Waals surface area contributed by atoms with Crippen LogP contribution >= 0.6 is 0 Å². The molecule has 0 rings (SSSR count). The fourth-order valence-electron chi connectivity index (χ4n) is 1.17. The van der Waals surface area contributed by atoms with Crippen LogP contribution in [-0.4, -0.2) is 18.8 Å². The quantitative estimate of drug-likeness (QED) is 0.501. The summed E-state index contributed by atoms with van der Waals surface area (Å²) in [6.07, 6.45) is -0.460. The van der Waals surface area contributed by atoms with Crippen molar-refractivity contribution in [2.45, 2.75) is 44.8 Å². The van der Waals surface area contributed by atoms with Crippen molar-refractivity contribution in [2.75, 3.05) is 6.54 Å². The SMILES string of the molecule is C=CCCCC(NCCC)C(F)(F)F. The van der Waals surface area contributed by atoms with Gasteiger partial charge in [0.1, 0.15) is 6.04 Å². The first kappa shape index (κ1) is 13.5. The molecular formula is C10H18F3N. The van der Waals surface area contributed by atoms with Gasteiger partial charge in [-0.05, 0) is 32.2 Å². The minimum Gasteiger partial charge on any atom is -0.306 e. The summed E-state index contributed by atoms with van der Waals surface area (Å²) in [6, 6.07) is -1.36. The second-order valence-electron chi connectivity index (χ2n) is 3.27. The number of hydrogen-bond acceptors (Lipinski definition) is 1. The van der Waals surface area contributed by atoms with Crippen molar-refractivity contribution in [3.05, 3.63) is 12.7 Å². The lowest BCUT2D eigenvalue weighted by Crippen LogP contribution is -2.42. The van der Waals surface area contributed by atoms with Gasteiger partial charge in [-0.25, -0.2) is 0 Å². The average molecular weight is 209 g/mol. The number of alkyl halides is 3. The van der Waals surface area contributed by atoms with Crippen molar-refractivity contribution in [1.29, 1.82) is 0 Å². The van der Waals surface area contributed by atoms with E-state index in [1.165, 1.54) is 0 Å². The monoisotopic (exact) mass is 209 g/mol. The predicted octanol–water partition coefficient (Wildman–Crippen LogP) is 3.27. The minimum absolute atomic E-state index is 0.134. The maximum atomic E-state index is 12.4. The largest absolute Gasteiger partial charge is 0.403 e. The van der Waals surface area contributed by atoms with E-state index in [1.807, 2.05) is 6.92 Å². The Hall–Kier alpha value is -0.510. The molecule has 0 aromatic rings. The van der Waals surface area contributed by atoms with E-state index in [4.69, 9.17) is 0 Å². The van der Waals surface area contributed by atoms with Crippen LogP contribution in [0.4, 0.5) is 13.2 Å². The Morgan fingerprint density at radius 1 is 1.43 bits per heavy atom. The van der Waals surface area contributed by atoms with Crippen molar-refractivity contribution in [2.24, 2.45) is 0 Å². The summed E-state index contributed by atoms with van der Waals surface area (Å²) in [5.41, 5.74) is 0. The molecule has 0 spiro atoms. The lowest BCUT2D eigenvalue weighted by molar-refractivity contribution is -0.157. The molecule has 0 aromatic carbocycles. The summed E-state index contributed by atoms with van der Waals surface area (Å²) in [5.74, 6) is 0. The van der Waals surface area contributed by atoms with Crippen molar-refractivity contribution in [3.8, 4) is 0 Å². The van der Waals surface area contributed by atoms with Crippen LogP contribution in [0.5, 0.6) is 0 Å². The third kappa shape index (κ3) is 6.02. The molecule has 1 N–H and O–H groups in total. The molecule has 0 fully saturated rings. The Balaban J connectivity index is 3.91. The third-order valence-electron chi connectivity index (χ3n) is 1.94. The first-order valence-corrected chi connectivity index (χ1v) is 4.93. The Labute approximate surface area is 83.4 Å². The van der Waals surface area contributed by atoms with Crippen molar-refractivity contribution in [3.63, 3.8) is 0 Å². The Morgan fingerprint density at radius 2 is 2.07 bits per heavy atom. The van der Waals surface area contributed by atoms with Gasteiger partial charge in [0.2, 0.25) is 0 Å². The standard InChI is InChI=1S/C10H18F3N/c1-3-5-6-7-9(10(11,12)13)14-8-4-2/h3,9,14H,1,4-8H2,2H3. The molecule has 0 aliphatic rings. The highest BCUT2D eigenvalue weighted by atomic mass is 19.4. The summed E-state index contributed by atoms with van der Waals surface area (Å²) < 4.78 is 37.1. The Morgan fingerprint density at radius 3 is 2.50 bits per heavy atom. The summed E-state index contributed by atoms with van der Waals surface area (Å²) in [4.78, 5) is 0. The van der Waals surface area contributed by atoms with Crippen LogP contribution in [0.1, 0.15) is 32.6 Å². The van der Waals surface area contributed by atoms with Gasteiger partial charge in [0.05, 0.1) is 0 Å². The first-order valence-electron chi connectivity index (χ1n) is 4.93. The predicted molar refractivity (Wildman–Crippen MR) is 52.2 cm³/mol. The molecule has 0 heterocycles. The molecular weight excluding hydrogens is 191 g/mol. The van der Waals surface area contributed by atoms with E-state index in [9.17, 15) is 13.2 Å². The molecule has 0 saturated heterocycles. The molecule has 0 saturated carbocycles. The van der Waals surface area contributed by atoms with Gasteiger partial charge >= 0.3 is 6.18 Å². The topological polar surface area (TPSA) is 12.0 Å². The normalized spacial score (nSPS) is 14.0. The van der Waals surface area contributed by atoms with Gasteiger partial charge in [-0.15, -0.1) is 6.58 Å². The number of hydrogen-bond donors (Lipinski definition) is 1. The molecule has 84 valence electrons. The number of rotatable bonds is 7. The van der Waals surface area contributed by atoms with E-state index < -0.39 is 12.2 Å². The number of unbranched alkanes of at least 4 members (excludes halogenated alkanes) is 1. The van der Waals surface area contributed by atoms with Gasteiger partial charge < -0.3 is 5.32 Å². The minimum atomic E-state index is -4.13. The fraction of sp³-hybridized carbons (Fsp3) is 0.800. The van der Waals surface area contributed by atoms with E-state index in [0.29, 0.717) is 25.8 Å². The molecule has 1 atom stereocenters. The van der Waals surface area contributed by atoms with Gasteiger partial charge in [-0.2, -0.15) is 13.2 Å². The maximum absolute atomic E-state index is 12.4. The molecule has 0 aliphatic heterocycles. The Kier molecular flexibility index (Phi) is 6.62. The molecule has 0 bridgehead atoms. The van der Waals surface area contributed by atoms with E-state index in [0.717, 1.165) is 0 Å². The van der Waals surface area contributed by atoms with E-state index in [1.54, 1.807) is 6.08 Å². The fourth-order valence-corrected chi connectivity index (χ4v) is 1.17. The molecule has 0 amide bonds. The van der Waals surface area contributed by atoms with Gasteiger partial charge in [0.25, 0.3) is 0 Å². The molecule has 1 unspecified atom stereocenters. The third-order valence-corrected chi connectivity index (χ3v) is 1.94. The molecule has 0 aliphatic carbocycles. The van der Waals surface area contributed by atoms with Crippen LogP contribution < -0.4 is 5.32 Å². The summed E-state index contributed by atoms with van der Waals surface area (Å²) in [6.45, 7) is 5.75. The van der Waals surface area contributed by atoms with Gasteiger partial charge in [0, 0.05) is 0 Å². The van der Waals surface area contributed by atoms with E-state index in [-0.39, 0.29) is 6.42 Å². The van der Waals surface area contributed by atoms with Crippen molar-refractivity contribution >= 4 is 0 Å². The van der Waals surface area contributed by atoms with Crippen LogP contribution in [0.2, 0.25) is 0 Å². The molecule has 1 nitrogen and oxygen atoms in total. The van der Waals surface area contributed by atoms with Crippen LogP contribution in [0.3, 0.4) is 0 Å². The average Bonchev–Trinajstić information content (AvgIpc) is 2.09. The zero-order valence-corrected chi connectivity index (χ0v) is 8.53. The highest BCUT2D eigenvalue weighted by molar-refractivity contribution is 4.76. The molecule has 0 aromatic heterocycles. The number of nitrogens with one attached hydrogen (secondary N) is 1. The molecule has 4 heteroatoms. The lowest BCUT2D eigenvalue weighted by Gasteiger charge is -2.21. The summed E-state index contributed by atoms with van der Waals surface area (Å²) in [5, 5.41) is 2.51. The van der Waals surface area contributed by atoms with Crippen LogP contribution in [0.25, 0.3) is 0 Å². The molecule has 0 radical (unpaired) electrons. The highest BCUT2D eigenvalue weighted by Gasteiger charge is 2.38. The Bertz CT molecular complexity index is 154. The van der Waals surface area contributed by atoms with Gasteiger partial charge in [-0.1, -0.05) is 13.0 Å². The van der Waals surface area contributed by atoms with Crippen LogP contribution in [0.15, 0.2) is 12.7 Å². The number of halogens is 3. The van der Waals surface area contributed by atoms with Crippen LogP contribution in [-0.2, 0) is 0 Å². The second-order valence-corrected chi connectivity index (χ2v) is 3.27. The van der Waals surface area contributed by atoms with E-state index in [2.05, 4.69) is 11.9 Å². The highest BCUT2D eigenvalue weighted by Crippen LogP contribution is 2.23. The number of allylic oxidation sites excluding steroid dienone is 1. The second kappa shape index (κ2) is 6.87. The van der Waals surface area contributed by atoms with Crippen molar-refractivity contribution < 1.29 is 13.2 Å². The summed E-state index contributed by atoms with van der Waals surface area (Å²) in [7, 11) is 0. The maximum Gasteiger partial charge on any atom is 0.403 e. The summed E-state index contributed by atoms with van der Waals surface area (Å²) >= 11 is 0. The van der Waals surface area contributed by atoms with Gasteiger partial charge in [0.15, 0.2) is 0 Å². The zero-order valence-electron chi connectivity index (χ0n) is 8.53. The van der Waals surface area contributed by atoms with Crippen LogP contribution in [0, 0.1) is 0 Å². The smallest absolute Gasteiger partial charge is 0.306 e. The molecule has 14 heavy (non-hydrogen) atoms. The van der Waals surface area contributed by atoms with E-state index >= 15 is 0 Å². The lowest BCUT2D eigenvalue weighted by atomic mass is 10.1. The van der Waals surface area contributed by atoms with Gasteiger partial charge in [-0.3, -0.25) is 0 Å². The zero-order chi connectivity index (χ0) is 11.0. The van der Waals surface area contributed by atoms with Crippen molar-refractivity contribution in [1.82, 2.24) is 5.32 Å². The first-order chi connectivity index (χ1) is 6.52.